The molecule has 2 aromatic heterocycles. The Balaban J connectivity index is 2.14. The van der Waals surface area contributed by atoms with E-state index < -0.39 is 0 Å². The number of nitrogens with one attached hydrogen (secondary N) is 1. The Hall–Kier alpha value is -2.14. The van der Waals surface area contributed by atoms with Gasteiger partial charge in [-0.05, 0) is 70.5 Å². The lowest BCUT2D eigenvalue weighted by molar-refractivity contribution is 1.32. The smallest absolute Gasteiger partial charge is 0.137 e. The molecule has 0 bridgehead atoms. The summed E-state index contributed by atoms with van der Waals surface area (Å²) < 4.78 is 1.25. The molecule has 2 aromatic carbocycles. The molecular weight excluding hydrogens is 395 g/mol. The molecule has 0 unspecified atom stereocenters. The second-order valence-electron chi connectivity index (χ2n) is 5.51. The second kappa shape index (κ2) is 5.81. The van der Waals surface area contributed by atoms with Gasteiger partial charge in [-0.15, -0.1) is 0 Å². The number of rotatable bonds is 2. The van der Waals surface area contributed by atoms with Gasteiger partial charge in [-0.25, -0.2) is 4.98 Å². The fourth-order valence-corrected chi connectivity index (χ4v) is 3.91. The molecule has 1 radical (unpaired) electrons. The van der Waals surface area contributed by atoms with E-state index in [2.05, 4.69) is 75.9 Å². The van der Waals surface area contributed by atoms with Crippen LogP contribution in [0.1, 0.15) is 5.56 Å². The molecule has 0 saturated carbocycles. The molecule has 3 heteroatoms. The Morgan fingerprint density at radius 1 is 1.09 bits per heavy atom. The summed E-state index contributed by atoms with van der Waals surface area (Å²) in [6.07, 6.45) is 3.91. The predicted octanol–water partition coefficient (Wildman–Crippen LogP) is 5.61. The molecule has 0 spiro atoms. The molecule has 23 heavy (non-hydrogen) atoms. The third-order valence-corrected chi connectivity index (χ3v) is 4.98. The zero-order valence-electron chi connectivity index (χ0n) is 12.6. The summed E-state index contributed by atoms with van der Waals surface area (Å²) in [6.45, 7) is 2.16. The largest absolute Gasteiger partial charge is 0.346 e. The van der Waals surface area contributed by atoms with Crippen LogP contribution < -0.4 is 0 Å². The van der Waals surface area contributed by atoms with Crippen LogP contribution in [0.5, 0.6) is 0 Å². The van der Waals surface area contributed by atoms with Crippen LogP contribution in [0.4, 0.5) is 0 Å². The van der Waals surface area contributed by atoms with Crippen molar-refractivity contribution in [3.8, 4) is 22.3 Å². The number of hydrogen-bond donors (Lipinski definition) is 1. The van der Waals surface area contributed by atoms with Crippen LogP contribution in [-0.4, -0.2) is 9.97 Å². The number of aryl methyl sites for hydroxylation is 1. The normalized spacial score (nSPS) is 11.0. The van der Waals surface area contributed by atoms with Crippen molar-refractivity contribution in [1.82, 2.24) is 9.97 Å². The van der Waals surface area contributed by atoms with E-state index >= 15 is 0 Å². The van der Waals surface area contributed by atoms with Gasteiger partial charge in [-0.3, -0.25) is 0 Å². The topological polar surface area (TPSA) is 28.7 Å². The molecule has 0 atom stereocenters. The first-order valence-corrected chi connectivity index (χ1v) is 8.51. The van der Waals surface area contributed by atoms with Crippen molar-refractivity contribution < 1.29 is 0 Å². The molecule has 0 fully saturated rings. The lowest BCUT2D eigenvalue weighted by Crippen LogP contribution is -1.94. The monoisotopic (exact) mass is 409 g/mol. The van der Waals surface area contributed by atoms with E-state index in [1.54, 1.807) is 0 Å². The highest BCUT2D eigenvalue weighted by Gasteiger charge is 2.17. The number of hydrogen-bond acceptors (Lipinski definition) is 1. The lowest BCUT2D eigenvalue weighted by Gasteiger charge is -2.15. The molecule has 0 saturated heterocycles. The first-order valence-electron chi connectivity index (χ1n) is 7.44. The summed E-state index contributed by atoms with van der Waals surface area (Å²) in [7, 11) is 0. The maximum absolute atomic E-state index is 4.59. The van der Waals surface area contributed by atoms with Crippen LogP contribution in [0, 0.1) is 16.6 Å². The van der Waals surface area contributed by atoms with Crippen molar-refractivity contribution >= 4 is 33.6 Å². The van der Waals surface area contributed by atoms with Gasteiger partial charge < -0.3 is 4.98 Å². The molecular formula is C20H14IN2. The summed E-state index contributed by atoms with van der Waals surface area (Å²) in [6, 6.07) is 19.8. The highest BCUT2D eigenvalue weighted by molar-refractivity contribution is 14.1. The highest BCUT2D eigenvalue weighted by Crippen LogP contribution is 2.40. The van der Waals surface area contributed by atoms with Crippen molar-refractivity contribution in [3.05, 3.63) is 76.1 Å². The van der Waals surface area contributed by atoms with E-state index in [1.165, 1.54) is 20.3 Å². The third kappa shape index (κ3) is 2.45. The Labute approximate surface area is 148 Å². The van der Waals surface area contributed by atoms with E-state index in [-0.39, 0.29) is 0 Å². The molecule has 0 aliphatic carbocycles. The van der Waals surface area contributed by atoms with Crippen molar-refractivity contribution in [2.45, 2.75) is 6.92 Å². The van der Waals surface area contributed by atoms with Gasteiger partial charge in [0.25, 0.3) is 0 Å². The average molecular weight is 409 g/mol. The van der Waals surface area contributed by atoms with Crippen LogP contribution in [0.2, 0.25) is 0 Å². The number of H-pyrrole nitrogens is 1. The van der Waals surface area contributed by atoms with Crippen LogP contribution in [0.3, 0.4) is 0 Å². The van der Waals surface area contributed by atoms with Gasteiger partial charge >= 0.3 is 0 Å². The number of nitrogens with zero attached hydrogens (tertiary/aromatic N) is 1. The minimum atomic E-state index is 0.919. The van der Waals surface area contributed by atoms with E-state index in [0.717, 1.165) is 22.2 Å². The van der Waals surface area contributed by atoms with Crippen molar-refractivity contribution in [1.29, 1.82) is 0 Å². The van der Waals surface area contributed by atoms with Gasteiger partial charge in [0, 0.05) is 32.5 Å². The minimum Gasteiger partial charge on any atom is -0.346 e. The molecule has 1 N–H and O–H groups in total. The van der Waals surface area contributed by atoms with Crippen molar-refractivity contribution in [2.24, 2.45) is 0 Å². The van der Waals surface area contributed by atoms with Crippen LogP contribution >= 0.6 is 22.6 Å². The lowest BCUT2D eigenvalue weighted by atomic mass is 9.91. The zero-order valence-corrected chi connectivity index (χ0v) is 14.8. The van der Waals surface area contributed by atoms with Gasteiger partial charge in [0.05, 0.1) is 0 Å². The minimum absolute atomic E-state index is 0.919. The summed E-state index contributed by atoms with van der Waals surface area (Å²) >= 11 is 2.42. The number of benzene rings is 2. The van der Waals surface area contributed by atoms with E-state index in [1.807, 2.05) is 30.6 Å². The van der Waals surface area contributed by atoms with E-state index in [9.17, 15) is 0 Å². The summed E-state index contributed by atoms with van der Waals surface area (Å²) in [5.74, 6) is 0. The molecule has 0 aliphatic rings. The molecule has 111 valence electrons. The van der Waals surface area contributed by atoms with E-state index in [4.69, 9.17) is 0 Å². The quantitative estimate of drug-likeness (QED) is 0.429. The molecule has 2 nitrogen and oxygen atoms in total. The zero-order chi connectivity index (χ0) is 15.8. The van der Waals surface area contributed by atoms with Gasteiger partial charge in [0.15, 0.2) is 0 Å². The molecule has 0 aliphatic heterocycles. The second-order valence-corrected chi connectivity index (χ2v) is 6.67. The fraction of sp³-hybridized carbons (Fsp3) is 0.0500. The molecule has 2 heterocycles. The number of fused-ring (bicyclic) bond motifs is 1. The number of aromatic nitrogens is 2. The van der Waals surface area contributed by atoms with Gasteiger partial charge in [0.1, 0.15) is 5.65 Å². The summed E-state index contributed by atoms with van der Waals surface area (Å²) in [4.78, 5) is 7.82. The van der Waals surface area contributed by atoms with Gasteiger partial charge in [-0.2, -0.15) is 0 Å². The van der Waals surface area contributed by atoms with Gasteiger partial charge in [-0.1, -0.05) is 30.3 Å². The number of aromatic amines is 1. The van der Waals surface area contributed by atoms with Crippen molar-refractivity contribution in [3.63, 3.8) is 0 Å². The number of pyridine rings is 1. The fourth-order valence-electron chi connectivity index (χ4n) is 3.01. The first kappa shape index (κ1) is 14.5. The summed E-state index contributed by atoms with van der Waals surface area (Å²) in [5, 5.41) is 1.15. The highest BCUT2D eigenvalue weighted by atomic mass is 127. The van der Waals surface area contributed by atoms with Crippen molar-refractivity contribution in [2.75, 3.05) is 0 Å². The Morgan fingerprint density at radius 2 is 2.00 bits per heavy atom. The van der Waals surface area contributed by atoms with E-state index in [0.29, 0.717) is 0 Å². The Bertz CT molecular complexity index is 967. The maximum Gasteiger partial charge on any atom is 0.137 e. The van der Waals surface area contributed by atoms with Crippen LogP contribution in [0.15, 0.2) is 60.9 Å². The average Bonchev–Trinajstić information content (AvgIpc) is 3.04. The molecule has 0 amide bonds. The number of halogens is 1. The Kier molecular flexibility index (Phi) is 3.65. The molecule has 4 rings (SSSR count). The molecule has 4 aromatic rings. The standard InChI is InChI=1S/C20H14IN2/c1-13-6-5-9-17(21)18(13)19-15-10-11-22-20(15)23-12-16(19)14-7-3-2-4-8-14/h2-3,5-12H,1H3,(H,22,23). The first-order chi connectivity index (χ1) is 11.3. The summed E-state index contributed by atoms with van der Waals surface area (Å²) in [5.41, 5.74) is 6.98. The Morgan fingerprint density at radius 3 is 2.78 bits per heavy atom. The third-order valence-electron chi connectivity index (χ3n) is 4.08. The predicted molar refractivity (Wildman–Crippen MR) is 103 cm³/mol. The maximum atomic E-state index is 4.59. The SMILES string of the molecule is Cc1cccc(I)c1-c1c(-c2c[c]ccc2)cnc2[nH]ccc12. The van der Waals surface area contributed by atoms with Gasteiger partial charge in [0.2, 0.25) is 0 Å². The van der Waals surface area contributed by atoms with Crippen LogP contribution in [0.25, 0.3) is 33.3 Å². The van der Waals surface area contributed by atoms with Crippen LogP contribution in [-0.2, 0) is 0 Å².